The summed E-state index contributed by atoms with van der Waals surface area (Å²) in [5, 5.41) is 2.94. The summed E-state index contributed by atoms with van der Waals surface area (Å²) in [4.78, 5) is 12.1. The highest BCUT2D eigenvalue weighted by molar-refractivity contribution is 6.32. The van der Waals surface area contributed by atoms with Crippen molar-refractivity contribution in [3.05, 3.63) is 47.0 Å². The van der Waals surface area contributed by atoms with Crippen LogP contribution in [0.3, 0.4) is 0 Å². The lowest BCUT2D eigenvalue weighted by Crippen LogP contribution is -2.15. The number of halogens is 3. The molecule has 0 saturated heterocycles. The molecule has 0 spiro atoms. The van der Waals surface area contributed by atoms with Crippen molar-refractivity contribution >= 4 is 29.3 Å². The van der Waals surface area contributed by atoms with Crippen molar-refractivity contribution in [1.29, 1.82) is 0 Å². The molecule has 0 radical (unpaired) electrons. The Hall–Kier alpha value is -3.00. The molecule has 0 fully saturated rings. The number of anilines is 1. The second kappa shape index (κ2) is 8.79. The number of carbonyl (C=O) groups excluding carboxylic acids is 1. The fourth-order valence-electron chi connectivity index (χ4n) is 2.53. The van der Waals surface area contributed by atoms with E-state index in [1.807, 2.05) is 0 Å². The number of rotatable bonds is 6. The van der Waals surface area contributed by atoms with Crippen molar-refractivity contribution < 1.29 is 32.5 Å². The summed E-state index contributed by atoms with van der Waals surface area (Å²) in [6, 6.07) is 7.51. The minimum absolute atomic E-state index is 0.125. The van der Waals surface area contributed by atoms with E-state index in [1.165, 1.54) is 31.4 Å². The number of methoxy groups -OCH3 is 1. The van der Waals surface area contributed by atoms with E-state index in [-0.39, 0.29) is 17.2 Å². The van der Waals surface area contributed by atoms with Gasteiger partial charge in [0.25, 0.3) is 0 Å². The van der Waals surface area contributed by atoms with Crippen LogP contribution in [0.15, 0.2) is 36.4 Å². The van der Waals surface area contributed by atoms with Gasteiger partial charge in [0.15, 0.2) is 23.0 Å². The molecule has 148 valence electrons. The first-order valence-electron chi connectivity index (χ1n) is 8.17. The van der Waals surface area contributed by atoms with E-state index in [1.54, 1.807) is 18.2 Å². The lowest BCUT2D eigenvalue weighted by Gasteiger charge is -2.19. The fourth-order valence-corrected chi connectivity index (χ4v) is 2.80. The predicted molar refractivity (Wildman–Crippen MR) is 99.7 cm³/mol. The van der Waals surface area contributed by atoms with Crippen molar-refractivity contribution in [1.82, 2.24) is 0 Å². The Labute approximate surface area is 164 Å². The number of alkyl halides is 2. The third-order valence-electron chi connectivity index (χ3n) is 3.69. The molecule has 0 saturated carbocycles. The highest BCUT2D eigenvalue weighted by atomic mass is 35.5. The fraction of sp³-hybridized carbons (Fsp3) is 0.211. The number of ether oxygens (including phenoxy) is 4. The van der Waals surface area contributed by atoms with E-state index in [0.717, 1.165) is 0 Å². The highest BCUT2D eigenvalue weighted by Gasteiger charge is 2.16. The van der Waals surface area contributed by atoms with Crippen LogP contribution in [0.1, 0.15) is 5.56 Å². The van der Waals surface area contributed by atoms with Gasteiger partial charge < -0.3 is 24.3 Å². The number of nitrogens with one attached hydrogen (secondary N) is 1. The monoisotopic (exact) mass is 411 g/mol. The normalized spacial score (nSPS) is 12.9. The molecule has 28 heavy (non-hydrogen) atoms. The predicted octanol–water partition coefficient (Wildman–Crippen LogP) is 4.37. The van der Waals surface area contributed by atoms with E-state index in [4.69, 9.17) is 25.8 Å². The van der Waals surface area contributed by atoms with Gasteiger partial charge in [-0.15, -0.1) is 0 Å². The summed E-state index contributed by atoms with van der Waals surface area (Å²) in [5.41, 5.74) is 0.909. The number of hydrogen-bond donors (Lipinski definition) is 1. The summed E-state index contributed by atoms with van der Waals surface area (Å²) in [6.07, 6.45) is 2.82. The summed E-state index contributed by atoms with van der Waals surface area (Å²) >= 11 is 6.15. The molecule has 2 aromatic rings. The molecule has 0 aromatic heterocycles. The summed E-state index contributed by atoms with van der Waals surface area (Å²) < 4.78 is 45.2. The molecule has 0 aliphatic carbocycles. The maximum Gasteiger partial charge on any atom is 0.387 e. The van der Waals surface area contributed by atoms with Crippen LogP contribution in [0.25, 0.3) is 6.08 Å². The molecule has 1 aliphatic heterocycles. The molecule has 6 nitrogen and oxygen atoms in total. The zero-order valence-electron chi connectivity index (χ0n) is 14.7. The Bertz CT molecular complexity index is 904. The van der Waals surface area contributed by atoms with E-state index in [0.29, 0.717) is 35.3 Å². The van der Waals surface area contributed by atoms with Crippen LogP contribution in [0.2, 0.25) is 5.02 Å². The number of fused-ring (bicyclic) bond motifs is 1. The lowest BCUT2D eigenvalue weighted by atomic mass is 10.1. The molecule has 1 heterocycles. The second-order valence-corrected chi connectivity index (χ2v) is 6.00. The topological polar surface area (TPSA) is 66.0 Å². The Morgan fingerprint density at radius 2 is 2.00 bits per heavy atom. The summed E-state index contributed by atoms with van der Waals surface area (Å²) in [5.74, 6) is 0.443. The Morgan fingerprint density at radius 3 is 2.75 bits per heavy atom. The van der Waals surface area contributed by atoms with Gasteiger partial charge in [0.1, 0.15) is 13.2 Å². The van der Waals surface area contributed by atoms with Crippen molar-refractivity contribution in [3.8, 4) is 23.0 Å². The van der Waals surface area contributed by atoms with Gasteiger partial charge in [-0.05, 0) is 35.9 Å². The summed E-state index contributed by atoms with van der Waals surface area (Å²) in [6.45, 7) is -2.18. The molecular formula is C19H16ClF2NO5. The first-order valence-corrected chi connectivity index (χ1v) is 8.55. The lowest BCUT2D eigenvalue weighted by molar-refractivity contribution is -0.111. The largest absolute Gasteiger partial charge is 0.493 e. The number of amides is 1. The van der Waals surface area contributed by atoms with Gasteiger partial charge >= 0.3 is 6.61 Å². The minimum Gasteiger partial charge on any atom is -0.493 e. The smallest absolute Gasteiger partial charge is 0.387 e. The maximum absolute atomic E-state index is 12.5. The van der Waals surface area contributed by atoms with E-state index >= 15 is 0 Å². The van der Waals surface area contributed by atoms with Crippen LogP contribution in [0.5, 0.6) is 23.0 Å². The molecule has 0 unspecified atom stereocenters. The van der Waals surface area contributed by atoms with Crippen LogP contribution in [-0.2, 0) is 4.79 Å². The molecule has 0 atom stereocenters. The van der Waals surface area contributed by atoms with Crippen LogP contribution in [0.4, 0.5) is 14.5 Å². The zero-order chi connectivity index (χ0) is 20.1. The Balaban J connectivity index is 1.71. The average Bonchev–Trinajstić information content (AvgIpc) is 2.66. The Kier molecular flexibility index (Phi) is 6.20. The van der Waals surface area contributed by atoms with E-state index in [9.17, 15) is 13.6 Å². The zero-order valence-corrected chi connectivity index (χ0v) is 15.5. The third kappa shape index (κ3) is 4.83. The van der Waals surface area contributed by atoms with Gasteiger partial charge in [0.2, 0.25) is 5.91 Å². The molecule has 1 N–H and O–H groups in total. The number of benzene rings is 2. The first kappa shape index (κ1) is 19.8. The first-order chi connectivity index (χ1) is 13.5. The van der Waals surface area contributed by atoms with Crippen molar-refractivity contribution in [2.75, 3.05) is 25.6 Å². The number of hydrogen-bond acceptors (Lipinski definition) is 5. The maximum atomic E-state index is 12.5. The molecule has 1 amide bonds. The molecular weight excluding hydrogens is 396 g/mol. The van der Waals surface area contributed by atoms with Gasteiger partial charge in [-0.25, -0.2) is 0 Å². The standard InChI is InChI=1S/C19H16ClF2NO5/c1-25-14-4-3-12(10-15(14)28-19(21)22)23-17(24)5-2-11-8-13(20)18-16(9-11)26-6-7-27-18/h2-5,8-10,19H,6-7H2,1H3,(H,23,24)/b5-2+. The van der Waals surface area contributed by atoms with Crippen LogP contribution in [0, 0.1) is 0 Å². The van der Waals surface area contributed by atoms with Crippen molar-refractivity contribution in [3.63, 3.8) is 0 Å². The highest BCUT2D eigenvalue weighted by Crippen LogP contribution is 2.38. The quantitative estimate of drug-likeness (QED) is 0.715. The number of carbonyl (C=O) groups is 1. The molecule has 3 rings (SSSR count). The van der Waals surface area contributed by atoms with Crippen LogP contribution >= 0.6 is 11.6 Å². The molecule has 1 aliphatic rings. The van der Waals surface area contributed by atoms with Gasteiger partial charge in [-0.1, -0.05) is 11.6 Å². The van der Waals surface area contributed by atoms with Gasteiger partial charge in [-0.3, -0.25) is 4.79 Å². The van der Waals surface area contributed by atoms with Crippen LogP contribution in [-0.4, -0.2) is 32.8 Å². The molecule has 9 heteroatoms. The van der Waals surface area contributed by atoms with E-state index in [2.05, 4.69) is 10.1 Å². The van der Waals surface area contributed by atoms with Gasteiger partial charge in [0.05, 0.1) is 12.1 Å². The average molecular weight is 412 g/mol. The van der Waals surface area contributed by atoms with Crippen molar-refractivity contribution in [2.24, 2.45) is 0 Å². The van der Waals surface area contributed by atoms with Gasteiger partial charge in [-0.2, -0.15) is 8.78 Å². The molecule has 2 aromatic carbocycles. The summed E-state index contributed by atoms with van der Waals surface area (Å²) in [7, 11) is 1.33. The Morgan fingerprint density at radius 1 is 1.21 bits per heavy atom. The van der Waals surface area contributed by atoms with E-state index < -0.39 is 12.5 Å². The SMILES string of the molecule is COc1ccc(NC(=O)/C=C/c2cc(Cl)c3c(c2)OCCO3)cc1OC(F)F. The van der Waals surface area contributed by atoms with Gasteiger partial charge in [0, 0.05) is 17.8 Å². The van der Waals surface area contributed by atoms with Crippen molar-refractivity contribution in [2.45, 2.75) is 6.61 Å². The third-order valence-corrected chi connectivity index (χ3v) is 3.97. The molecule has 0 bridgehead atoms. The minimum atomic E-state index is -3.01. The second-order valence-electron chi connectivity index (χ2n) is 5.59. The van der Waals surface area contributed by atoms with Crippen LogP contribution < -0.4 is 24.3 Å².